The van der Waals surface area contributed by atoms with Gasteiger partial charge in [-0.15, -0.1) is 0 Å². The van der Waals surface area contributed by atoms with Crippen molar-refractivity contribution in [1.29, 1.82) is 0 Å². The van der Waals surface area contributed by atoms with E-state index in [-0.39, 0.29) is 5.91 Å². The van der Waals surface area contributed by atoms with E-state index in [0.29, 0.717) is 18.7 Å². The van der Waals surface area contributed by atoms with E-state index in [4.69, 9.17) is 5.73 Å². The van der Waals surface area contributed by atoms with Crippen LogP contribution in [0.5, 0.6) is 0 Å². The van der Waals surface area contributed by atoms with Gasteiger partial charge in [0.25, 0.3) is 0 Å². The molecule has 1 aromatic carbocycles. The fraction of sp³-hybridized carbons (Fsp3) is 0.267. The van der Waals surface area contributed by atoms with Crippen LogP contribution in [0.4, 0.5) is 11.5 Å². The predicted molar refractivity (Wildman–Crippen MR) is 75.3 cm³/mol. The summed E-state index contributed by atoms with van der Waals surface area (Å²) in [5.41, 5.74) is 10.2. The second-order valence-electron chi connectivity index (χ2n) is 5.60. The number of amides is 1. The van der Waals surface area contributed by atoms with E-state index < -0.39 is 5.41 Å². The molecule has 1 atom stereocenters. The average molecular weight is 266 g/mol. The number of nitrogen functional groups attached to an aromatic ring is 1. The van der Waals surface area contributed by atoms with Crippen molar-refractivity contribution in [2.75, 3.05) is 11.1 Å². The van der Waals surface area contributed by atoms with Crippen molar-refractivity contribution in [3.05, 3.63) is 46.9 Å². The van der Waals surface area contributed by atoms with Gasteiger partial charge in [-0.1, -0.05) is 6.07 Å². The lowest BCUT2D eigenvalue weighted by Gasteiger charge is -2.21. The number of nitrogens with one attached hydrogen (secondary N) is 1. The van der Waals surface area contributed by atoms with Gasteiger partial charge < -0.3 is 11.1 Å². The van der Waals surface area contributed by atoms with Gasteiger partial charge in [-0.2, -0.15) is 0 Å². The molecule has 0 bridgehead atoms. The topological polar surface area (TPSA) is 80.9 Å². The number of aromatic nitrogens is 2. The summed E-state index contributed by atoms with van der Waals surface area (Å²) in [5.74, 6) is 0.675. The molecule has 1 aliphatic heterocycles. The molecule has 20 heavy (non-hydrogen) atoms. The first-order valence-corrected chi connectivity index (χ1v) is 6.61. The molecule has 1 amide bonds. The predicted octanol–water partition coefficient (Wildman–Crippen LogP) is 1.36. The van der Waals surface area contributed by atoms with Crippen molar-refractivity contribution in [3.63, 3.8) is 0 Å². The van der Waals surface area contributed by atoms with Gasteiger partial charge in [-0.05, 0) is 43.0 Å². The number of aryl methyl sites for hydroxylation is 1. The summed E-state index contributed by atoms with van der Waals surface area (Å²) in [4.78, 5) is 21.0. The number of carbonyl (C=O) groups is 1. The first-order valence-electron chi connectivity index (χ1n) is 6.61. The van der Waals surface area contributed by atoms with Crippen molar-refractivity contribution in [2.24, 2.45) is 0 Å². The van der Waals surface area contributed by atoms with Crippen LogP contribution in [0.25, 0.3) is 0 Å². The molecule has 1 aliphatic carbocycles. The van der Waals surface area contributed by atoms with Crippen LogP contribution in [0, 0.1) is 6.92 Å². The van der Waals surface area contributed by atoms with E-state index in [2.05, 4.69) is 15.3 Å². The Morgan fingerprint density at radius 3 is 2.90 bits per heavy atom. The molecule has 2 aliphatic rings. The van der Waals surface area contributed by atoms with Crippen molar-refractivity contribution < 1.29 is 4.79 Å². The fourth-order valence-corrected chi connectivity index (χ4v) is 3.52. The third kappa shape index (κ3) is 1.29. The molecule has 1 unspecified atom stereocenters. The minimum atomic E-state index is -0.559. The molecular formula is C15H14N4O. The zero-order valence-corrected chi connectivity index (χ0v) is 11.1. The van der Waals surface area contributed by atoms with Crippen LogP contribution in [0.2, 0.25) is 0 Å². The number of benzene rings is 1. The zero-order valence-electron chi connectivity index (χ0n) is 11.1. The molecule has 100 valence electrons. The minimum absolute atomic E-state index is 0.0193. The molecule has 1 aromatic heterocycles. The van der Waals surface area contributed by atoms with Gasteiger partial charge in [0.05, 0.1) is 5.41 Å². The standard InChI is InChI=1S/C15H14N4O/c1-8-12-13(18-7-17-8)19-14(20)15(12)5-9-2-3-11(16)4-10(9)6-15/h2-4,7H,5-6,16H2,1H3,(H,17,18,19,20). The highest BCUT2D eigenvalue weighted by Crippen LogP contribution is 2.47. The molecule has 1 spiro atoms. The van der Waals surface area contributed by atoms with Crippen molar-refractivity contribution in [3.8, 4) is 0 Å². The molecule has 5 nitrogen and oxygen atoms in total. The highest BCUT2D eigenvalue weighted by molar-refractivity contribution is 6.06. The monoisotopic (exact) mass is 266 g/mol. The van der Waals surface area contributed by atoms with E-state index in [9.17, 15) is 4.79 Å². The van der Waals surface area contributed by atoms with Crippen LogP contribution in [0.1, 0.15) is 22.4 Å². The van der Waals surface area contributed by atoms with Crippen LogP contribution >= 0.6 is 0 Å². The third-order valence-corrected chi connectivity index (χ3v) is 4.40. The Kier molecular flexibility index (Phi) is 2.03. The lowest BCUT2D eigenvalue weighted by Crippen LogP contribution is -2.35. The molecule has 2 aromatic rings. The summed E-state index contributed by atoms with van der Waals surface area (Å²) in [6.45, 7) is 1.93. The normalized spacial score (nSPS) is 22.8. The fourth-order valence-electron chi connectivity index (χ4n) is 3.52. The maximum absolute atomic E-state index is 12.6. The second kappa shape index (κ2) is 3.56. The van der Waals surface area contributed by atoms with E-state index in [0.717, 1.165) is 22.5 Å². The summed E-state index contributed by atoms with van der Waals surface area (Å²) in [5, 5.41) is 2.90. The number of nitrogens with two attached hydrogens (primary N) is 1. The first kappa shape index (κ1) is 11.4. The lowest BCUT2D eigenvalue weighted by atomic mass is 9.78. The molecule has 0 saturated heterocycles. The van der Waals surface area contributed by atoms with Crippen molar-refractivity contribution in [1.82, 2.24) is 9.97 Å². The van der Waals surface area contributed by atoms with Crippen LogP contribution in [-0.2, 0) is 23.1 Å². The van der Waals surface area contributed by atoms with Gasteiger partial charge in [0.1, 0.15) is 12.1 Å². The largest absolute Gasteiger partial charge is 0.399 e. The highest BCUT2D eigenvalue weighted by atomic mass is 16.2. The highest BCUT2D eigenvalue weighted by Gasteiger charge is 2.52. The number of anilines is 2. The third-order valence-electron chi connectivity index (χ3n) is 4.40. The zero-order chi connectivity index (χ0) is 13.9. The van der Waals surface area contributed by atoms with Gasteiger partial charge in [0.15, 0.2) is 0 Å². The smallest absolute Gasteiger partial charge is 0.237 e. The molecule has 5 heteroatoms. The number of rotatable bonds is 0. The Balaban J connectivity index is 1.91. The second-order valence-corrected chi connectivity index (χ2v) is 5.60. The van der Waals surface area contributed by atoms with Crippen molar-refractivity contribution in [2.45, 2.75) is 25.2 Å². The SMILES string of the molecule is Cc1ncnc2c1C1(Cc3ccc(N)cc3C1)C(=O)N2. The van der Waals surface area contributed by atoms with Gasteiger partial charge in [0, 0.05) is 16.9 Å². The van der Waals surface area contributed by atoms with Gasteiger partial charge in [0.2, 0.25) is 5.91 Å². The summed E-state index contributed by atoms with van der Waals surface area (Å²) in [6.07, 6.45) is 2.85. The number of fused-ring (bicyclic) bond motifs is 3. The van der Waals surface area contributed by atoms with Gasteiger partial charge in [-0.3, -0.25) is 4.79 Å². The minimum Gasteiger partial charge on any atom is -0.399 e. The van der Waals surface area contributed by atoms with Crippen molar-refractivity contribution >= 4 is 17.4 Å². The van der Waals surface area contributed by atoms with E-state index in [1.54, 1.807) is 0 Å². The van der Waals surface area contributed by atoms with Crippen LogP contribution in [0.15, 0.2) is 24.5 Å². The lowest BCUT2D eigenvalue weighted by molar-refractivity contribution is -0.120. The van der Waals surface area contributed by atoms with Crippen LogP contribution < -0.4 is 11.1 Å². The molecule has 0 fully saturated rings. The van der Waals surface area contributed by atoms with Crippen LogP contribution in [-0.4, -0.2) is 15.9 Å². The average Bonchev–Trinajstić information content (AvgIpc) is 2.89. The van der Waals surface area contributed by atoms with E-state index in [1.807, 2.05) is 25.1 Å². The number of nitrogens with zero attached hydrogens (tertiary/aromatic N) is 2. The summed E-state index contributed by atoms with van der Waals surface area (Å²) in [6, 6.07) is 5.87. The molecular weight excluding hydrogens is 252 g/mol. The maximum atomic E-state index is 12.6. The molecule has 4 rings (SSSR count). The van der Waals surface area contributed by atoms with Gasteiger partial charge >= 0.3 is 0 Å². The van der Waals surface area contributed by atoms with E-state index in [1.165, 1.54) is 11.9 Å². The molecule has 3 N–H and O–H groups in total. The quantitative estimate of drug-likeness (QED) is 0.705. The number of hydrogen-bond donors (Lipinski definition) is 2. The summed E-state index contributed by atoms with van der Waals surface area (Å²) < 4.78 is 0. The Labute approximate surface area is 116 Å². The Morgan fingerprint density at radius 2 is 2.05 bits per heavy atom. The van der Waals surface area contributed by atoms with Crippen LogP contribution in [0.3, 0.4) is 0 Å². The maximum Gasteiger partial charge on any atom is 0.237 e. The number of carbonyl (C=O) groups excluding carboxylic acids is 1. The Hall–Kier alpha value is -2.43. The summed E-state index contributed by atoms with van der Waals surface area (Å²) in [7, 11) is 0. The Morgan fingerprint density at radius 1 is 1.25 bits per heavy atom. The first-order chi connectivity index (χ1) is 9.60. The molecule has 0 radical (unpaired) electrons. The molecule has 2 heterocycles. The summed E-state index contributed by atoms with van der Waals surface area (Å²) >= 11 is 0. The number of hydrogen-bond acceptors (Lipinski definition) is 4. The van der Waals surface area contributed by atoms with E-state index >= 15 is 0 Å². The van der Waals surface area contributed by atoms with Gasteiger partial charge in [-0.25, -0.2) is 9.97 Å². The Bertz CT molecular complexity index is 756. The molecule has 0 saturated carbocycles.